The normalized spacial score (nSPS) is 22.1. The second-order valence-corrected chi connectivity index (χ2v) is 5.51. The number of thioether (sulfide) groups is 1. The van der Waals surface area contributed by atoms with Crippen LogP contribution in [-0.4, -0.2) is 30.8 Å². The van der Waals surface area contributed by atoms with E-state index in [9.17, 15) is 17.6 Å². The Labute approximate surface area is 118 Å². The Morgan fingerprint density at radius 3 is 2.65 bits per heavy atom. The standard InChI is InChI=1S/C13H14F4O2S/c1-2-18-5-6-20-13(16,17)12(8-19-12)10-4-3-9(14)7-11(10)15/h3-4,7H,2,5-6,8H2,1H3. The van der Waals surface area contributed by atoms with Gasteiger partial charge in [0.1, 0.15) is 11.6 Å². The Balaban J connectivity index is 2.13. The zero-order chi connectivity index (χ0) is 14.8. The van der Waals surface area contributed by atoms with E-state index in [1.54, 1.807) is 6.92 Å². The molecule has 1 saturated heterocycles. The fourth-order valence-corrected chi connectivity index (χ4v) is 2.78. The van der Waals surface area contributed by atoms with E-state index in [1.807, 2.05) is 0 Å². The van der Waals surface area contributed by atoms with Gasteiger partial charge < -0.3 is 9.47 Å². The van der Waals surface area contributed by atoms with Crippen molar-refractivity contribution in [2.75, 3.05) is 25.6 Å². The predicted molar refractivity (Wildman–Crippen MR) is 67.9 cm³/mol. The highest BCUT2D eigenvalue weighted by molar-refractivity contribution is 8.00. The number of hydrogen-bond donors (Lipinski definition) is 0. The lowest BCUT2D eigenvalue weighted by molar-refractivity contribution is 0.00738. The van der Waals surface area contributed by atoms with Crippen LogP contribution in [-0.2, 0) is 15.1 Å². The van der Waals surface area contributed by atoms with Gasteiger partial charge >= 0.3 is 5.25 Å². The summed E-state index contributed by atoms with van der Waals surface area (Å²) in [6, 6.07) is 2.54. The second kappa shape index (κ2) is 5.91. The number of alkyl halides is 2. The van der Waals surface area contributed by atoms with Crippen molar-refractivity contribution in [3.63, 3.8) is 0 Å². The minimum absolute atomic E-state index is 0.0642. The zero-order valence-corrected chi connectivity index (χ0v) is 11.6. The first-order valence-electron chi connectivity index (χ1n) is 6.12. The maximum Gasteiger partial charge on any atom is 0.328 e. The summed E-state index contributed by atoms with van der Waals surface area (Å²) in [6.45, 7) is 2.10. The van der Waals surface area contributed by atoms with Crippen molar-refractivity contribution in [2.45, 2.75) is 17.8 Å². The van der Waals surface area contributed by atoms with Crippen LogP contribution in [0.4, 0.5) is 17.6 Å². The molecule has 7 heteroatoms. The first-order chi connectivity index (χ1) is 9.43. The first kappa shape index (κ1) is 15.6. The molecule has 1 aromatic rings. The van der Waals surface area contributed by atoms with Gasteiger partial charge in [-0.25, -0.2) is 8.78 Å². The lowest BCUT2D eigenvalue weighted by Crippen LogP contribution is -2.33. The van der Waals surface area contributed by atoms with Crippen LogP contribution < -0.4 is 0 Å². The highest BCUT2D eigenvalue weighted by Crippen LogP contribution is 2.56. The van der Waals surface area contributed by atoms with Crippen molar-refractivity contribution in [1.29, 1.82) is 0 Å². The lowest BCUT2D eigenvalue weighted by Gasteiger charge is -2.24. The van der Waals surface area contributed by atoms with Crippen LogP contribution in [0.1, 0.15) is 12.5 Å². The summed E-state index contributed by atoms with van der Waals surface area (Å²) in [5.41, 5.74) is -2.31. The molecule has 0 aromatic heterocycles. The van der Waals surface area contributed by atoms with Gasteiger partial charge in [-0.05, 0) is 19.1 Å². The molecule has 0 aliphatic carbocycles. The van der Waals surface area contributed by atoms with Gasteiger partial charge in [-0.15, -0.1) is 0 Å². The fraction of sp³-hybridized carbons (Fsp3) is 0.538. The molecule has 0 radical (unpaired) electrons. The molecule has 0 bridgehead atoms. The molecule has 0 N–H and O–H groups in total. The van der Waals surface area contributed by atoms with E-state index in [-0.39, 0.29) is 24.5 Å². The molecule has 1 aliphatic heterocycles. The van der Waals surface area contributed by atoms with Gasteiger partial charge in [0.25, 0.3) is 0 Å². The summed E-state index contributed by atoms with van der Waals surface area (Å²) >= 11 is 0.352. The maximum absolute atomic E-state index is 14.2. The molecule has 1 heterocycles. The van der Waals surface area contributed by atoms with Crippen LogP contribution in [0.2, 0.25) is 0 Å². The van der Waals surface area contributed by atoms with E-state index in [2.05, 4.69) is 0 Å². The monoisotopic (exact) mass is 310 g/mol. The van der Waals surface area contributed by atoms with Gasteiger partial charge in [0, 0.05) is 24.0 Å². The SMILES string of the molecule is CCOCCSC(F)(F)C1(c2ccc(F)cc2F)CO1. The van der Waals surface area contributed by atoms with Crippen molar-refractivity contribution in [2.24, 2.45) is 0 Å². The summed E-state index contributed by atoms with van der Waals surface area (Å²) in [6.07, 6.45) is 0. The molecule has 1 fully saturated rings. The number of benzene rings is 1. The molecule has 0 spiro atoms. The summed E-state index contributed by atoms with van der Waals surface area (Å²) in [7, 11) is 0. The topological polar surface area (TPSA) is 21.8 Å². The van der Waals surface area contributed by atoms with Crippen LogP contribution in [0.15, 0.2) is 18.2 Å². The molecule has 1 aliphatic rings. The van der Waals surface area contributed by atoms with Crippen molar-refractivity contribution in [1.82, 2.24) is 0 Å². The average molecular weight is 310 g/mol. The number of hydrogen-bond acceptors (Lipinski definition) is 3. The molecule has 1 unspecified atom stereocenters. The number of halogens is 4. The van der Waals surface area contributed by atoms with Gasteiger partial charge in [-0.2, -0.15) is 8.78 Å². The van der Waals surface area contributed by atoms with Gasteiger partial charge in [0.15, 0.2) is 5.60 Å². The van der Waals surface area contributed by atoms with Crippen LogP contribution >= 0.6 is 11.8 Å². The molecule has 20 heavy (non-hydrogen) atoms. The molecule has 0 saturated carbocycles. The summed E-state index contributed by atoms with van der Waals surface area (Å²) < 4.78 is 64.7. The zero-order valence-electron chi connectivity index (χ0n) is 10.8. The third kappa shape index (κ3) is 2.94. The van der Waals surface area contributed by atoms with Crippen molar-refractivity contribution >= 4 is 11.8 Å². The Morgan fingerprint density at radius 2 is 2.10 bits per heavy atom. The largest absolute Gasteiger partial charge is 0.381 e. The first-order valence-corrected chi connectivity index (χ1v) is 7.10. The molecule has 0 amide bonds. The van der Waals surface area contributed by atoms with E-state index in [4.69, 9.17) is 9.47 Å². The highest BCUT2D eigenvalue weighted by atomic mass is 32.2. The average Bonchev–Trinajstić information content (AvgIpc) is 3.16. The maximum atomic E-state index is 14.2. The van der Waals surface area contributed by atoms with Crippen LogP contribution in [0.25, 0.3) is 0 Å². The molecule has 112 valence electrons. The number of ether oxygens (including phenoxy) is 2. The quantitative estimate of drug-likeness (QED) is 0.437. The van der Waals surface area contributed by atoms with Crippen LogP contribution in [0.5, 0.6) is 0 Å². The van der Waals surface area contributed by atoms with Gasteiger partial charge in [0.2, 0.25) is 0 Å². The minimum atomic E-state index is -3.30. The minimum Gasteiger partial charge on any atom is -0.381 e. The Hall–Kier alpha value is -0.790. The van der Waals surface area contributed by atoms with Crippen molar-refractivity contribution < 1.29 is 27.0 Å². The number of epoxide rings is 1. The van der Waals surface area contributed by atoms with E-state index >= 15 is 0 Å². The van der Waals surface area contributed by atoms with E-state index in [0.717, 1.165) is 12.1 Å². The van der Waals surface area contributed by atoms with E-state index in [0.29, 0.717) is 24.4 Å². The highest BCUT2D eigenvalue weighted by Gasteiger charge is 2.66. The summed E-state index contributed by atoms with van der Waals surface area (Å²) in [4.78, 5) is 0. The van der Waals surface area contributed by atoms with Crippen molar-refractivity contribution in [3.8, 4) is 0 Å². The van der Waals surface area contributed by atoms with Gasteiger partial charge in [-0.3, -0.25) is 0 Å². The van der Waals surface area contributed by atoms with Crippen molar-refractivity contribution in [3.05, 3.63) is 35.4 Å². The lowest BCUT2D eigenvalue weighted by atomic mass is 9.99. The summed E-state index contributed by atoms with van der Waals surface area (Å²) in [5.74, 6) is -1.77. The second-order valence-electron chi connectivity index (χ2n) is 4.30. The van der Waals surface area contributed by atoms with E-state index < -0.39 is 22.5 Å². The molecule has 2 nitrogen and oxygen atoms in total. The third-order valence-corrected chi connectivity index (χ3v) is 4.05. The molecular weight excluding hydrogens is 296 g/mol. The van der Waals surface area contributed by atoms with Gasteiger partial charge in [0.05, 0.1) is 13.2 Å². The fourth-order valence-electron chi connectivity index (χ4n) is 1.86. The number of rotatable bonds is 7. The smallest absolute Gasteiger partial charge is 0.328 e. The Morgan fingerprint density at radius 1 is 1.40 bits per heavy atom. The van der Waals surface area contributed by atoms with E-state index in [1.165, 1.54) is 0 Å². The molecule has 1 aromatic carbocycles. The Kier molecular flexibility index (Phi) is 4.61. The Bertz CT molecular complexity index is 477. The molecular formula is C13H14F4O2S. The predicted octanol–water partition coefficient (Wildman–Crippen LogP) is 3.55. The third-order valence-electron chi connectivity index (χ3n) is 2.98. The molecule has 2 rings (SSSR count). The van der Waals surface area contributed by atoms with Crippen LogP contribution in [0, 0.1) is 11.6 Å². The summed E-state index contributed by atoms with van der Waals surface area (Å²) in [5, 5.41) is -3.30. The van der Waals surface area contributed by atoms with Crippen LogP contribution in [0.3, 0.4) is 0 Å². The van der Waals surface area contributed by atoms with Gasteiger partial charge in [-0.1, -0.05) is 11.8 Å². The molecule has 1 atom stereocenters.